The zero-order valence-electron chi connectivity index (χ0n) is 7.14. The van der Waals surface area contributed by atoms with Crippen LogP contribution in [0.25, 0.3) is 0 Å². The molecule has 0 bridgehead atoms. The summed E-state index contributed by atoms with van der Waals surface area (Å²) in [5.41, 5.74) is -0.0430. The van der Waals surface area contributed by atoms with E-state index in [0.29, 0.717) is 0 Å². The third kappa shape index (κ3) is 2.85. The summed E-state index contributed by atoms with van der Waals surface area (Å²) in [6, 6.07) is 2.13. The molecule has 0 aliphatic rings. The van der Waals surface area contributed by atoms with Crippen LogP contribution in [0.4, 0.5) is 18.9 Å². The molecule has 3 nitrogen and oxygen atoms in total. The molecule has 0 radical (unpaired) electrons. The van der Waals surface area contributed by atoms with Gasteiger partial charge in [0, 0.05) is 0 Å². The van der Waals surface area contributed by atoms with Gasteiger partial charge in [-0.2, -0.15) is 8.78 Å². The van der Waals surface area contributed by atoms with Gasteiger partial charge in [0.2, 0.25) is 6.41 Å². The third-order valence-corrected chi connectivity index (χ3v) is 2.21. The third-order valence-electron chi connectivity index (χ3n) is 1.47. The van der Waals surface area contributed by atoms with Crippen molar-refractivity contribution in [1.82, 2.24) is 0 Å². The Hall–Kier alpha value is -1.24. The smallest absolute Gasteiger partial charge is 0.387 e. The van der Waals surface area contributed by atoms with Crippen LogP contribution in [0, 0.1) is 5.82 Å². The highest BCUT2D eigenvalue weighted by atomic mass is 79.9. The van der Waals surface area contributed by atoms with Crippen molar-refractivity contribution >= 4 is 28.0 Å². The lowest BCUT2D eigenvalue weighted by atomic mass is 10.3. The number of anilines is 1. The van der Waals surface area contributed by atoms with Gasteiger partial charge in [0.15, 0.2) is 5.75 Å². The molecule has 0 heterocycles. The van der Waals surface area contributed by atoms with Crippen LogP contribution in [0.2, 0.25) is 0 Å². The number of halogens is 4. The van der Waals surface area contributed by atoms with Crippen molar-refractivity contribution in [2.75, 3.05) is 5.32 Å². The van der Waals surface area contributed by atoms with Crippen LogP contribution >= 0.6 is 15.9 Å². The second kappa shape index (κ2) is 5.01. The highest BCUT2D eigenvalue weighted by Crippen LogP contribution is 2.36. The molecule has 0 atom stereocenters. The van der Waals surface area contributed by atoms with Crippen molar-refractivity contribution in [3.05, 3.63) is 22.4 Å². The Bertz CT molecular complexity index is 373. The fourth-order valence-electron chi connectivity index (χ4n) is 0.913. The molecule has 0 saturated heterocycles. The van der Waals surface area contributed by atoms with E-state index >= 15 is 0 Å². The zero-order chi connectivity index (χ0) is 11.4. The summed E-state index contributed by atoms with van der Waals surface area (Å²) in [5.74, 6) is -1.21. The lowest BCUT2D eigenvalue weighted by Gasteiger charge is -2.11. The number of carbonyl (C=O) groups is 1. The standard InChI is InChI=1S/C8H5BrF3NO2/c9-6-4(10)1-2-5(13-3-14)7(6)15-8(11)12/h1-3,8H,(H,13,14). The van der Waals surface area contributed by atoms with E-state index in [2.05, 4.69) is 26.0 Å². The van der Waals surface area contributed by atoms with Gasteiger partial charge >= 0.3 is 6.61 Å². The van der Waals surface area contributed by atoms with E-state index in [1.54, 1.807) is 0 Å². The number of amides is 1. The van der Waals surface area contributed by atoms with E-state index in [-0.39, 0.29) is 16.6 Å². The van der Waals surface area contributed by atoms with Crippen molar-refractivity contribution in [2.24, 2.45) is 0 Å². The van der Waals surface area contributed by atoms with Crippen LogP contribution in [-0.2, 0) is 4.79 Å². The summed E-state index contributed by atoms with van der Waals surface area (Å²) in [6.45, 7) is -3.10. The van der Waals surface area contributed by atoms with Crippen molar-refractivity contribution in [1.29, 1.82) is 0 Å². The van der Waals surface area contributed by atoms with E-state index in [0.717, 1.165) is 12.1 Å². The van der Waals surface area contributed by atoms with E-state index in [1.807, 2.05) is 0 Å². The molecule has 1 amide bonds. The van der Waals surface area contributed by atoms with Crippen LogP contribution in [0.3, 0.4) is 0 Å². The number of benzene rings is 1. The average Bonchev–Trinajstić information content (AvgIpc) is 2.17. The Balaban J connectivity index is 3.15. The molecule has 7 heteroatoms. The van der Waals surface area contributed by atoms with Gasteiger partial charge in [-0.1, -0.05) is 0 Å². The van der Waals surface area contributed by atoms with Gasteiger partial charge in [-0.25, -0.2) is 4.39 Å². The molecule has 0 unspecified atom stereocenters. The van der Waals surface area contributed by atoms with E-state index < -0.39 is 18.2 Å². The highest BCUT2D eigenvalue weighted by molar-refractivity contribution is 9.10. The van der Waals surface area contributed by atoms with Crippen molar-refractivity contribution in [3.63, 3.8) is 0 Å². The molecule has 0 saturated carbocycles. The Morgan fingerprint density at radius 3 is 2.67 bits per heavy atom. The summed E-state index contributed by atoms with van der Waals surface area (Å²) in [7, 11) is 0. The molecule has 0 aliphatic heterocycles. The second-order valence-electron chi connectivity index (χ2n) is 2.38. The maximum atomic E-state index is 13.0. The van der Waals surface area contributed by atoms with Crippen molar-refractivity contribution in [2.45, 2.75) is 6.61 Å². The monoisotopic (exact) mass is 283 g/mol. The van der Waals surface area contributed by atoms with Gasteiger partial charge in [-0.05, 0) is 28.1 Å². The molecule has 1 aromatic carbocycles. The SMILES string of the molecule is O=CNc1ccc(F)c(Br)c1OC(F)F. The summed E-state index contributed by atoms with van der Waals surface area (Å²) in [4.78, 5) is 10.1. The lowest BCUT2D eigenvalue weighted by Crippen LogP contribution is -2.07. The van der Waals surface area contributed by atoms with Crippen molar-refractivity contribution in [3.8, 4) is 5.75 Å². The second-order valence-corrected chi connectivity index (χ2v) is 3.17. The Morgan fingerprint density at radius 2 is 2.13 bits per heavy atom. The minimum absolute atomic E-state index is 0.0430. The molecule has 0 aromatic heterocycles. The Morgan fingerprint density at radius 1 is 1.47 bits per heavy atom. The minimum Gasteiger partial charge on any atom is -0.431 e. The van der Waals surface area contributed by atoms with Gasteiger partial charge in [0.05, 0.1) is 10.2 Å². The van der Waals surface area contributed by atoms with Crippen LogP contribution in [0.15, 0.2) is 16.6 Å². The van der Waals surface area contributed by atoms with E-state index in [4.69, 9.17) is 0 Å². The molecule has 1 aromatic rings. The topological polar surface area (TPSA) is 38.3 Å². The Kier molecular flexibility index (Phi) is 3.96. The van der Waals surface area contributed by atoms with Crippen LogP contribution in [0.1, 0.15) is 0 Å². The molecular formula is C8H5BrF3NO2. The van der Waals surface area contributed by atoms with E-state index in [1.165, 1.54) is 0 Å². The first-order chi connectivity index (χ1) is 7.06. The fraction of sp³-hybridized carbons (Fsp3) is 0.125. The minimum atomic E-state index is -3.10. The van der Waals surface area contributed by atoms with Gasteiger partial charge in [-0.3, -0.25) is 4.79 Å². The molecule has 1 N–H and O–H groups in total. The van der Waals surface area contributed by atoms with E-state index in [9.17, 15) is 18.0 Å². The number of hydrogen-bond acceptors (Lipinski definition) is 2. The maximum Gasteiger partial charge on any atom is 0.387 e. The molecule has 0 spiro atoms. The largest absolute Gasteiger partial charge is 0.431 e. The summed E-state index contributed by atoms with van der Waals surface area (Å²) in [5, 5.41) is 2.11. The predicted octanol–water partition coefficient (Wildman–Crippen LogP) is 2.76. The summed E-state index contributed by atoms with van der Waals surface area (Å²) in [6.07, 6.45) is 0.276. The quantitative estimate of drug-likeness (QED) is 0.863. The first kappa shape index (κ1) is 11.8. The van der Waals surface area contributed by atoms with Gasteiger partial charge in [-0.15, -0.1) is 0 Å². The summed E-state index contributed by atoms with van der Waals surface area (Å²) < 4.78 is 40.7. The molecule has 15 heavy (non-hydrogen) atoms. The maximum absolute atomic E-state index is 13.0. The van der Waals surface area contributed by atoms with Gasteiger partial charge in [0.1, 0.15) is 5.82 Å². The number of rotatable bonds is 4. The van der Waals surface area contributed by atoms with Gasteiger partial charge in [0.25, 0.3) is 0 Å². The molecule has 0 fully saturated rings. The summed E-state index contributed by atoms with van der Waals surface area (Å²) >= 11 is 2.74. The normalized spacial score (nSPS) is 10.2. The fourth-order valence-corrected chi connectivity index (χ4v) is 1.35. The number of alkyl halides is 2. The number of ether oxygens (including phenoxy) is 1. The lowest BCUT2D eigenvalue weighted by molar-refractivity contribution is -0.105. The van der Waals surface area contributed by atoms with Crippen LogP contribution < -0.4 is 10.1 Å². The molecular weight excluding hydrogens is 279 g/mol. The van der Waals surface area contributed by atoms with Crippen LogP contribution in [0.5, 0.6) is 5.75 Å². The van der Waals surface area contributed by atoms with Gasteiger partial charge < -0.3 is 10.1 Å². The first-order valence-electron chi connectivity index (χ1n) is 3.69. The molecule has 1 rings (SSSR count). The van der Waals surface area contributed by atoms with Crippen molar-refractivity contribution < 1.29 is 22.7 Å². The first-order valence-corrected chi connectivity index (χ1v) is 4.48. The number of nitrogens with one attached hydrogen (secondary N) is 1. The zero-order valence-corrected chi connectivity index (χ0v) is 8.72. The Labute approximate surface area is 91.4 Å². The molecule has 82 valence electrons. The molecule has 0 aliphatic carbocycles. The number of hydrogen-bond donors (Lipinski definition) is 1. The average molecular weight is 284 g/mol. The highest BCUT2D eigenvalue weighted by Gasteiger charge is 2.16. The number of carbonyl (C=O) groups excluding carboxylic acids is 1. The van der Waals surface area contributed by atoms with Crippen LogP contribution in [-0.4, -0.2) is 13.0 Å². The predicted molar refractivity (Wildman–Crippen MR) is 50.4 cm³/mol.